The lowest BCUT2D eigenvalue weighted by atomic mass is 10.3. The lowest BCUT2D eigenvalue weighted by molar-refractivity contribution is -0.158. The zero-order valence-corrected chi connectivity index (χ0v) is 15.7. The van der Waals surface area contributed by atoms with Crippen molar-refractivity contribution in [2.75, 3.05) is 13.2 Å². The molecule has 0 fully saturated rings. The highest BCUT2D eigenvalue weighted by molar-refractivity contribution is 5.87. The van der Waals surface area contributed by atoms with Crippen LogP contribution in [0.3, 0.4) is 0 Å². The average molecular weight is 370 g/mol. The molecule has 0 aliphatic heterocycles. The number of carbonyl (C=O) groups excluding carboxylic acids is 4. The Morgan fingerprint density at radius 3 is 1.31 bits per heavy atom. The van der Waals surface area contributed by atoms with Crippen LogP contribution in [-0.4, -0.2) is 49.3 Å². The molecule has 0 bridgehead atoms. The fourth-order valence-corrected chi connectivity index (χ4v) is 1.40. The van der Waals surface area contributed by atoms with E-state index < -0.39 is 36.1 Å². The van der Waals surface area contributed by atoms with E-state index in [2.05, 4.69) is 13.2 Å². The molecule has 0 aliphatic carbocycles. The monoisotopic (exact) mass is 370 g/mol. The van der Waals surface area contributed by atoms with Crippen LogP contribution < -0.4 is 0 Å². The summed E-state index contributed by atoms with van der Waals surface area (Å²) in [5, 5.41) is 0. The minimum atomic E-state index is -0.626. The van der Waals surface area contributed by atoms with Gasteiger partial charge in [-0.05, 0) is 27.7 Å². The summed E-state index contributed by atoms with van der Waals surface area (Å²) in [6.45, 7) is 12.8. The second-order valence-electron chi connectivity index (χ2n) is 5.86. The standard InChI is InChI=1S/C18H26O8/c1-11(2)17(21)25-13(5)9-23-15(19)7-8-16(20)24-10-14(6)26-18(22)12(3)4/h13-14H,1,3,7-10H2,2,4-6H3. The maximum atomic E-state index is 11.6. The van der Waals surface area contributed by atoms with Gasteiger partial charge in [-0.15, -0.1) is 0 Å². The van der Waals surface area contributed by atoms with E-state index in [1.165, 1.54) is 13.8 Å². The summed E-state index contributed by atoms with van der Waals surface area (Å²) in [6, 6.07) is 0. The molecule has 8 heteroatoms. The lowest BCUT2D eigenvalue weighted by Crippen LogP contribution is -2.24. The molecule has 0 spiro atoms. The molecule has 0 saturated heterocycles. The fraction of sp³-hybridized carbons (Fsp3) is 0.556. The summed E-state index contributed by atoms with van der Waals surface area (Å²) in [5.74, 6) is -2.39. The zero-order chi connectivity index (χ0) is 20.3. The molecule has 0 aliphatic rings. The lowest BCUT2D eigenvalue weighted by Gasteiger charge is -2.14. The van der Waals surface area contributed by atoms with Gasteiger partial charge in [0.25, 0.3) is 0 Å². The number of esters is 4. The Morgan fingerprint density at radius 2 is 1.04 bits per heavy atom. The Bertz CT molecular complexity index is 514. The van der Waals surface area contributed by atoms with Crippen molar-refractivity contribution in [1.29, 1.82) is 0 Å². The summed E-state index contributed by atoms with van der Waals surface area (Å²) in [7, 11) is 0. The minimum Gasteiger partial charge on any atom is -0.462 e. The largest absolute Gasteiger partial charge is 0.462 e. The maximum Gasteiger partial charge on any atom is 0.333 e. The predicted molar refractivity (Wildman–Crippen MR) is 91.9 cm³/mol. The highest BCUT2D eigenvalue weighted by Crippen LogP contribution is 2.03. The van der Waals surface area contributed by atoms with Crippen molar-refractivity contribution in [3.8, 4) is 0 Å². The van der Waals surface area contributed by atoms with E-state index >= 15 is 0 Å². The highest BCUT2D eigenvalue weighted by Gasteiger charge is 2.16. The van der Waals surface area contributed by atoms with E-state index in [1.54, 1.807) is 13.8 Å². The number of carbonyl (C=O) groups is 4. The van der Waals surface area contributed by atoms with Crippen LogP contribution in [0.5, 0.6) is 0 Å². The number of ether oxygens (including phenoxy) is 4. The van der Waals surface area contributed by atoms with E-state index in [-0.39, 0.29) is 37.2 Å². The van der Waals surface area contributed by atoms with E-state index in [0.29, 0.717) is 0 Å². The minimum absolute atomic E-state index is 0.124. The third-order valence-corrected chi connectivity index (χ3v) is 2.80. The third kappa shape index (κ3) is 11.0. The van der Waals surface area contributed by atoms with Crippen molar-refractivity contribution >= 4 is 23.9 Å². The molecular weight excluding hydrogens is 344 g/mol. The number of hydrogen-bond donors (Lipinski definition) is 0. The van der Waals surface area contributed by atoms with Crippen LogP contribution in [0.4, 0.5) is 0 Å². The molecule has 2 atom stereocenters. The van der Waals surface area contributed by atoms with Gasteiger partial charge in [0.05, 0.1) is 12.8 Å². The first-order valence-electron chi connectivity index (χ1n) is 8.07. The van der Waals surface area contributed by atoms with Gasteiger partial charge < -0.3 is 18.9 Å². The second kappa shape index (κ2) is 11.8. The molecule has 146 valence electrons. The van der Waals surface area contributed by atoms with Crippen LogP contribution in [0.15, 0.2) is 24.3 Å². The first kappa shape index (κ1) is 23.4. The van der Waals surface area contributed by atoms with E-state index in [0.717, 1.165) is 0 Å². The van der Waals surface area contributed by atoms with E-state index in [1.807, 2.05) is 0 Å². The summed E-state index contributed by atoms with van der Waals surface area (Å²) < 4.78 is 19.7. The van der Waals surface area contributed by atoms with Gasteiger partial charge in [-0.2, -0.15) is 0 Å². The molecule has 8 nitrogen and oxygen atoms in total. The molecule has 26 heavy (non-hydrogen) atoms. The van der Waals surface area contributed by atoms with Crippen LogP contribution >= 0.6 is 0 Å². The van der Waals surface area contributed by atoms with Crippen molar-refractivity contribution in [2.45, 2.75) is 52.7 Å². The summed E-state index contributed by atoms with van der Waals surface area (Å²) in [5.41, 5.74) is 0.489. The van der Waals surface area contributed by atoms with Crippen LogP contribution in [0, 0.1) is 0 Å². The first-order valence-corrected chi connectivity index (χ1v) is 8.07. The second-order valence-corrected chi connectivity index (χ2v) is 5.86. The van der Waals surface area contributed by atoms with Gasteiger partial charge >= 0.3 is 23.9 Å². The Labute approximate surface area is 153 Å². The first-order chi connectivity index (χ1) is 12.0. The average Bonchev–Trinajstić information content (AvgIpc) is 2.55. The Balaban J connectivity index is 3.96. The molecule has 0 aromatic carbocycles. The molecule has 0 saturated carbocycles. The topological polar surface area (TPSA) is 105 Å². The van der Waals surface area contributed by atoms with Crippen molar-refractivity contribution in [3.63, 3.8) is 0 Å². The van der Waals surface area contributed by atoms with Gasteiger partial charge in [0, 0.05) is 11.1 Å². The zero-order valence-electron chi connectivity index (χ0n) is 15.7. The highest BCUT2D eigenvalue weighted by atomic mass is 16.6. The Morgan fingerprint density at radius 1 is 0.731 bits per heavy atom. The van der Waals surface area contributed by atoms with Gasteiger partial charge in [-0.1, -0.05) is 13.2 Å². The molecule has 0 amide bonds. The molecule has 0 aromatic heterocycles. The molecule has 0 aromatic rings. The van der Waals surface area contributed by atoms with Crippen LogP contribution in [0.25, 0.3) is 0 Å². The normalized spacial score (nSPS) is 12.3. The summed E-state index contributed by atoms with van der Waals surface area (Å²) >= 11 is 0. The SMILES string of the molecule is C=C(C)C(=O)OC(C)COC(=O)CCC(=O)OCC(C)OC(=O)C(=C)C. The number of hydrogen-bond acceptors (Lipinski definition) is 8. The van der Waals surface area contributed by atoms with E-state index in [4.69, 9.17) is 18.9 Å². The van der Waals surface area contributed by atoms with Crippen LogP contribution in [0.2, 0.25) is 0 Å². The quantitative estimate of drug-likeness (QED) is 0.308. The molecule has 0 radical (unpaired) electrons. The van der Waals surface area contributed by atoms with Crippen molar-refractivity contribution in [2.24, 2.45) is 0 Å². The predicted octanol–water partition coefficient (Wildman–Crippen LogP) is 1.87. The molecule has 0 heterocycles. The Hall–Kier alpha value is -2.64. The fourth-order valence-electron chi connectivity index (χ4n) is 1.40. The van der Waals surface area contributed by atoms with E-state index in [9.17, 15) is 19.2 Å². The van der Waals surface area contributed by atoms with Crippen molar-refractivity contribution in [1.82, 2.24) is 0 Å². The Kier molecular flexibility index (Phi) is 10.6. The number of rotatable bonds is 11. The van der Waals surface area contributed by atoms with Gasteiger partial charge in [-0.3, -0.25) is 9.59 Å². The van der Waals surface area contributed by atoms with Crippen molar-refractivity contribution < 1.29 is 38.1 Å². The van der Waals surface area contributed by atoms with Gasteiger partial charge in [0.1, 0.15) is 25.4 Å². The van der Waals surface area contributed by atoms with Crippen molar-refractivity contribution in [3.05, 3.63) is 24.3 Å². The van der Waals surface area contributed by atoms with Gasteiger partial charge in [-0.25, -0.2) is 9.59 Å². The molecule has 2 unspecified atom stereocenters. The summed E-state index contributed by atoms with van der Waals surface area (Å²) in [4.78, 5) is 45.7. The maximum absolute atomic E-state index is 11.6. The molecule has 0 N–H and O–H groups in total. The smallest absolute Gasteiger partial charge is 0.333 e. The van der Waals surface area contributed by atoms with Gasteiger partial charge in [0.2, 0.25) is 0 Å². The van der Waals surface area contributed by atoms with Crippen LogP contribution in [-0.2, 0) is 38.1 Å². The van der Waals surface area contributed by atoms with Gasteiger partial charge in [0.15, 0.2) is 0 Å². The van der Waals surface area contributed by atoms with Crippen LogP contribution in [0.1, 0.15) is 40.5 Å². The summed E-state index contributed by atoms with van der Waals surface area (Å²) in [6.07, 6.45) is -1.61. The molecular formula is C18H26O8. The third-order valence-electron chi connectivity index (χ3n) is 2.80. The molecule has 0 rings (SSSR count).